The third kappa shape index (κ3) is 3.82. The molecule has 3 aromatic rings. The van der Waals surface area contributed by atoms with Gasteiger partial charge in [-0.15, -0.1) is 10.2 Å². The Morgan fingerprint density at radius 3 is 2.58 bits per heavy atom. The summed E-state index contributed by atoms with van der Waals surface area (Å²) in [6.45, 7) is 0. The monoisotopic (exact) mass is 363 g/mol. The Kier molecular flexibility index (Phi) is 4.64. The van der Waals surface area contributed by atoms with Crippen molar-refractivity contribution in [3.05, 3.63) is 42.2 Å². The number of aromatic nitrogens is 4. The fraction of sp³-hybridized carbons (Fsp3) is 0.0769. The Balaban J connectivity index is 1.80. The second kappa shape index (κ2) is 6.86. The number of rotatable bonds is 6. The van der Waals surface area contributed by atoms with Crippen molar-refractivity contribution < 1.29 is 8.42 Å². The number of benzene rings is 1. The van der Waals surface area contributed by atoms with E-state index in [0.717, 1.165) is 0 Å². The molecule has 0 fully saturated rings. The average Bonchev–Trinajstić information content (AvgIpc) is 3.08. The SMILES string of the molecule is CNS(=O)(=O)c1cccc(Nc2cc(Nc3nncs3)ncn2)c1. The summed E-state index contributed by atoms with van der Waals surface area (Å²) in [7, 11) is -2.14. The molecule has 3 rings (SSSR count). The van der Waals surface area contributed by atoms with E-state index < -0.39 is 10.0 Å². The standard InChI is InChI=1S/C13H13N7O2S2/c1-14-24(21,22)10-4-2-3-9(5-10)18-11-6-12(16-7-15-11)19-13-20-17-8-23-13/h2-8,14H,1H3,(H2,15,16,18,19,20). The zero-order chi connectivity index (χ0) is 17.0. The number of anilines is 4. The molecule has 0 atom stereocenters. The van der Waals surface area contributed by atoms with Gasteiger partial charge in [0.1, 0.15) is 23.5 Å². The summed E-state index contributed by atoms with van der Waals surface area (Å²) in [5.74, 6) is 1.05. The Hall–Kier alpha value is -2.63. The zero-order valence-electron chi connectivity index (χ0n) is 12.5. The van der Waals surface area contributed by atoms with Crippen LogP contribution in [-0.4, -0.2) is 35.6 Å². The minimum absolute atomic E-state index is 0.163. The van der Waals surface area contributed by atoms with Gasteiger partial charge in [-0.25, -0.2) is 23.1 Å². The predicted octanol–water partition coefficient (Wildman–Crippen LogP) is 1.72. The lowest BCUT2D eigenvalue weighted by Crippen LogP contribution is -2.18. The first-order chi connectivity index (χ1) is 11.6. The molecule has 0 amide bonds. The Labute approximate surface area is 142 Å². The van der Waals surface area contributed by atoms with E-state index in [4.69, 9.17) is 0 Å². The Bertz CT molecular complexity index is 929. The zero-order valence-corrected chi connectivity index (χ0v) is 14.1. The lowest BCUT2D eigenvalue weighted by Gasteiger charge is -2.09. The summed E-state index contributed by atoms with van der Waals surface area (Å²) < 4.78 is 26.0. The van der Waals surface area contributed by atoms with Gasteiger partial charge in [0.25, 0.3) is 0 Å². The molecule has 3 N–H and O–H groups in total. The molecule has 0 aliphatic carbocycles. The smallest absolute Gasteiger partial charge is 0.240 e. The molecule has 0 spiro atoms. The van der Waals surface area contributed by atoms with Gasteiger partial charge in [-0.05, 0) is 25.2 Å². The molecule has 0 bridgehead atoms. The molecule has 0 radical (unpaired) electrons. The van der Waals surface area contributed by atoms with Crippen LogP contribution < -0.4 is 15.4 Å². The highest BCUT2D eigenvalue weighted by molar-refractivity contribution is 7.89. The van der Waals surface area contributed by atoms with Crippen LogP contribution in [0.1, 0.15) is 0 Å². The summed E-state index contributed by atoms with van der Waals surface area (Å²) in [4.78, 5) is 8.38. The normalized spacial score (nSPS) is 11.2. The van der Waals surface area contributed by atoms with Gasteiger partial charge < -0.3 is 10.6 Å². The second-order valence-corrected chi connectivity index (χ2v) is 7.24. The van der Waals surface area contributed by atoms with E-state index in [0.29, 0.717) is 22.5 Å². The highest BCUT2D eigenvalue weighted by Gasteiger charge is 2.11. The van der Waals surface area contributed by atoms with Crippen molar-refractivity contribution >= 4 is 43.8 Å². The molecule has 0 aliphatic heterocycles. The van der Waals surface area contributed by atoms with Gasteiger partial charge in [-0.2, -0.15) is 0 Å². The fourth-order valence-corrected chi connectivity index (χ4v) is 3.07. The van der Waals surface area contributed by atoms with Crippen LogP contribution in [0.2, 0.25) is 0 Å². The van der Waals surface area contributed by atoms with E-state index in [1.54, 1.807) is 23.7 Å². The Morgan fingerprint density at radius 2 is 1.88 bits per heavy atom. The van der Waals surface area contributed by atoms with Crippen LogP contribution in [0.5, 0.6) is 0 Å². The van der Waals surface area contributed by atoms with Crippen LogP contribution in [0, 0.1) is 0 Å². The van der Waals surface area contributed by atoms with Gasteiger partial charge in [0.2, 0.25) is 15.2 Å². The van der Waals surface area contributed by atoms with E-state index >= 15 is 0 Å². The third-order valence-electron chi connectivity index (χ3n) is 2.95. The molecule has 11 heteroatoms. The van der Waals surface area contributed by atoms with Crippen molar-refractivity contribution in [1.29, 1.82) is 0 Å². The van der Waals surface area contributed by atoms with E-state index in [1.165, 1.54) is 36.8 Å². The molecule has 9 nitrogen and oxygen atoms in total. The van der Waals surface area contributed by atoms with Crippen molar-refractivity contribution in [3.8, 4) is 0 Å². The molecule has 2 aromatic heterocycles. The van der Waals surface area contributed by atoms with E-state index in [2.05, 4.69) is 35.5 Å². The number of hydrogen-bond acceptors (Lipinski definition) is 9. The first kappa shape index (κ1) is 16.2. The Morgan fingerprint density at radius 1 is 1.08 bits per heavy atom. The minimum Gasteiger partial charge on any atom is -0.340 e. The summed E-state index contributed by atoms with van der Waals surface area (Å²) in [5, 5.41) is 14.3. The van der Waals surface area contributed by atoms with Crippen LogP contribution in [0.3, 0.4) is 0 Å². The summed E-state index contributed by atoms with van der Waals surface area (Å²) in [6, 6.07) is 8.11. The van der Waals surface area contributed by atoms with Crippen LogP contribution in [-0.2, 0) is 10.0 Å². The molecule has 1 aromatic carbocycles. The van der Waals surface area contributed by atoms with Gasteiger partial charge in [0.15, 0.2) is 0 Å². The average molecular weight is 363 g/mol. The molecular formula is C13H13N7O2S2. The highest BCUT2D eigenvalue weighted by atomic mass is 32.2. The largest absolute Gasteiger partial charge is 0.340 e. The predicted molar refractivity (Wildman–Crippen MR) is 91.2 cm³/mol. The lowest BCUT2D eigenvalue weighted by molar-refractivity contribution is 0.588. The first-order valence-corrected chi connectivity index (χ1v) is 9.09. The van der Waals surface area contributed by atoms with Gasteiger partial charge in [-0.3, -0.25) is 0 Å². The van der Waals surface area contributed by atoms with E-state index in [9.17, 15) is 8.42 Å². The molecule has 124 valence electrons. The van der Waals surface area contributed by atoms with Crippen LogP contribution >= 0.6 is 11.3 Å². The number of hydrogen-bond donors (Lipinski definition) is 3. The van der Waals surface area contributed by atoms with Crippen LogP contribution in [0.15, 0.2) is 47.1 Å². The maximum atomic E-state index is 11.9. The van der Waals surface area contributed by atoms with E-state index in [-0.39, 0.29) is 4.90 Å². The molecule has 0 saturated carbocycles. The second-order valence-electron chi connectivity index (χ2n) is 4.52. The van der Waals surface area contributed by atoms with Gasteiger partial charge in [-0.1, -0.05) is 17.4 Å². The summed E-state index contributed by atoms with van der Waals surface area (Å²) in [5.41, 5.74) is 2.20. The summed E-state index contributed by atoms with van der Waals surface area (Å²) in [6.07, 6.45) is 1.39. The lowest BCUT2D eigenvalue weighted by atomic mass is 10.3. The topological polar surface area (TPSA) is 122 Å². The number of sulfonamides is 1. The molecule has 0 saturated heterocycles. The van der Waals surface area contributed by atoms with Crippen molar-refractivity contribution in [2.24, 2.45) is 0 Å². The van der Waals surface area contributed by atoms with Crippen molar-refractivity contribution in [1.82, 2.24) is 24.9 Å². The number of nitrogens with one attached hydrogen (secondary N) is 3. The van der Waals surface area contributed by atoms with Crippen LogP contribution in [0.4, 0.5) is 22.5 Å². The minimum atomic E-state index is -3.50. The van der Waals surface area contributed by atoms with Crippen LogP contribution in [0.25, 0.3) is 0 Å². The maximum Gasteiger partial charge on any atom is 0.240 e. The maximum absolute atomic E-state index is 11.9. The fourth-order valence-electron chi connectivity index (χ4n) is 1.84. The number of nitrogens with zero attached hydrogens (tertiary/aromatic N) is 4. The molecule has 24 heavy (non-hydrogen) atoms. The highest BCUT2D eigenvalue weighted by Crippen LogP contribution is 2.21. The first-order valence-electron chi connectivity index (χ1n) is 6.73. The molecule has 0 aliphatic rings. The van der Waals surface area contributed by atoms with Gasteiger partial charge in [0.05, 0.1) is 4.90 Å². The van der Waals surface area contributed by atoms with E-state index in [1.807, 2.05) is 0 Å². The van der Waals surface area contributed by atoms with Crippen molar-refractivity contribution in [2.45, 2.75) is 4.90 Å². The van der Waals surface area contributed by atoms with Crippen molar-refractivity contribution in [2.75, 3.05) is 17.7 Å². The quantitative estimate of drug-likeness (QED) is 0.605. The summed E-state index contributed by atoms with van der Waals surface area (Å²) >= 11 is 1.35. The van der Waals surface area contributed by atoms with Crippen molar-refractivity contribution in [3.63, 3.8) is 0 Å². The van der Waals surface area contributed by atoms with Gasteiger partial charge >= 0.3 is 0 Å². The molecule has 2 heterocycles. The molecule has 0 unspecified atom stereocenters. The molecular weight excluding hydrogens is 350 g/mol. The third-order valence-corrected chi connectivity index (χ3v) is 4.97. The van der Waals surface area contributed by atoms with Gasteiger partial charge in [0, 0.05) is 11.8 Å².